The van der Waals surface area contributed by atoms with Crippen molar-refractivity contribution in [2.24, 2.45) is 11.8 Å². The van der Waals surface area contributed by atoms with Crippen LogP contribution in [0.25, 0.3) is 27.5 Å². The minimum atomic E-state index is -0.282. The number of ether oxygens (including phenoxy) is 1. The number of nitrogens with one attached hydrogen (secondary N) is 1. The fraction of sp³-hybridized carbons (Fsp3) is 0.400. The van der Waals surface area contributed by atoms with Crippen molar-refractivity contribution >= 4 is 21.8 Å². The van der Waals surface area contributed by atoms with E-state index in [0.29, 0.717) is 28.8 Å². The van der Waals surface area contributed by atoms with E-state index in [1.54, 1.807) is 13.3 Å². The van der Waals surface area contributed by atoms with Gasteiger partial charge in [-0.15, -0.1) is 6.54 Å². The lowest BCUT2D eigenvalue weighted by Crippen LogP contribution is -2.22. The Hall–Kier alpha value is -3.05. The van der Waals surface area contributed by atoms with Crippen LogP contribution in [0, 0.1) is 17.7 Å². The van der Waals surface area contributed by atoms with Crippen LogP contribution in [0.4, 0.5) is 4.39 Å². The number of nitrogens with zero attached hydrogens (tertiary/aromatic N) is 2. The highest BCUT2D eigenvalue weighted by molar-refractivity contribution is 5.84. The molecule has 0 bridgehead atoms. The van der Waals surface area contributed by atoms with Crippen molar-refractivity contribution in [1.82, 2.24) is 9.97 Å². The molecule has 2 unspecified atom stereocenters. The highest BCUT2D eigenvalue weighted by Gasteiger charge is 2.29. The molecule has 182 valence electrons. The van der Waals surface area contributed by atoms with Gasteiger partial charge in [0.25, 0.3) is 0 Å². The molecule has 0 radical (unpaired) electrons. The highest BCUT2D eigenvalue weighted by Crippen LogP contribution is 2.44. The Bertz CT molecular complexity index is 1340. The van der Waals surface area contributed by atoms with E-state index in [1.807, 2.05) is 18.2 Å². The third-order valence-electron chi connectivity index (χ3n) is 7.97. The molecule has 2 heterocycles. The zero-order valence-corrected chi connectivity index (χ0v) is 20.6. The van der Waals surface area contributed by atoms with Gasteiger partial charge in [0.05, 0.1) is 18.1 Å². The first-order valence-electron chi connectivity index (χ1n) is 12.7. The largest absolute Gasteiger partial charge is 0.674 e. The van der Waals surface area contributed by atoms with Gasteiger partial charge in [-0.1, -0.05) is 44.0 Å². The lowest BCUT2D eigenvalue weighted by molar-refractivity contribution is 0.232. The van der Waals surface area contributed by atoms with Gasteiger partial charge in [0.15, 0.2) is 0 Å². The van der Waals surface area contributed by atoms with Crippen LogP contribution in [0.2, 0.25) is 0 Å². The van der Waals surface area contributed by atoms with Crippen molar-refractivity contribution in [3.8, 4) is 5.88 Å². The van der Waals surface area contributed by atoms with Gasteiger partial charge in [0.1, 0.15) is 5.82 Å². The summed E-state index contributed by atoms with van der Waals surface area (Å²) < 4.78 is 20.3. The maximum Gasteiger partial charge on any atom is 0.213 e. The van der Waals surface area contributed by atoms with E-state index in [-0.39, 0.29) is 18.3 Å². The minimum absolute atomic E-state index is 0.0275. The molecule has 0 aliphatic heterocycles. The Kier molecular flexibility index (Phi) is 6.96. The smallest absolute Gasteiger partial charge is 0.213 e. The van der Waals surface area contributed by atoms with Crippen LogP contribution in [0.5, 0.6) is 5.88 Å². The first-order valence-corrected chi connectivity index (χ1v) is 12.7. The molecule has 35 heavy (non-hydrogen) atoms. The number of halogens is 1. The predicted octanol–water partition coefficient (Wildman–Crippen LogP) is 8.03. The SMILES string of the molecule is COc1ccc2cccc(CCC(C)[C@@H]3CCCC(c4c(C[NH-])c(F)cc5ncccc45)C3)c2n1. The summed E-state index contributed by atoms with van der Waals surface area (Å²) in [5, 5.41) is 2.16. The van der Waals surface area contributed by atoms with Crippen LogP contribution in [0.15, 0.2) is 54.7 Å². The first kappa shape index (κ1) is 23.7. The second-order valence-corrected chi connectivity index (χ2v) is 9.98. The van der Waals surface area contributed by atoms with E-state index in [9.17, 15) is 4.39 Å². The van der Waals surface area contributed by atoms with E-state index >= 15 is 0 Å². The highest BCUT2D eigenvalue weighted by atomic mass is 19.1. The van der Waals surface area contributed by atoms with Gasteiger partial charge in [-0.25, -0.2) is 9.37 Å². The Morgan fingerprint density at radius 3 is 2.86 bits per heavy atom. The predicted molar refractivity (Wildman–Crippen MR) is 140 cm³/mol. The van der Waals surface area contributed by atoms with Crippen LogP contribution >= 0.6 is 0 Å². The topological polar surface area (TPSA) is 58.8 Å². The lowest BCUT2D eigenvalue weighted by Gasteiger charge is -2.35. The number of hydrogen-bond donors (Lipinski definition) is 0. The maximum absolute atomic E-state index is 14.9. The fourth-order valence-electron chi connectivity index (χ4n) is 6.04. The Balaban J connectivity index is 1.36. The molecular weight excluding hydrogens is 437 g/mol. The normalized spacial score (nSPS) is 19.2. The summed E-state index contributed by atoms with van der Waals surface area (Å²) in [6, 6.07) is 15.8. The van der Waals surface area contributed by atoms with E-state index in [0.717, 1.165) is 54.0 Å². The van der Waals surface area contributed by atoms with Gasteiger partial charge >= 0.3 is 0 Å². The number of aryl methyl sites for hydroxylation is 1. The van der Waals surface area contributed by atoms with Crippen molar-refractivity contribution in [1.29, 1.82) is 0 Å². The average molecular weight is 471 g/mol. The number of hydrogen-bond acceptors (Lipinski definition) is 3. The third kappa shape index (κ3) is 4.74. The summed E-state index contributed by atoms with van der Waals surface area (Å²) in [6.07, 6.45) is 8.23. The quantitative estimate of drug-likeness (QED) is 0.275. The van der Waals surface area contributed by atoms with Crippen LogP contribution < -0.4 is 4.74 Å². The molecule has 0 spiro atoms. The molecule has 1 saturated carbocycles. The third-order valence-corrected chi connectivity index (χ3v) is 7.97. The molecule has 2 aromatic carbocycles. The minimum Gasteiger partial charge on any atom is -0.674 e. The van der Waals surface area contributed by atoms with Crippen molar-refractivity contribution in [2.45, 2.75) is 57.9 Å². The summed E-state index contributed by atoms with van der Waals surface area (Å²) in [6.45, 7) is 2.34. The number of fused-ring (bicyclic) bond motifs is 2. The van der Waals surface area contributed by atoms with Gasteiger partial charge in [-0.2, -0.15) is 0 Å². The van der Waals surface area contributed by atoms with Crippen molar-refractivity contribution in [3.63, 3.8) is 0 Å². The molecule has 2 aromatic heterocycles. The molecule has 1 fully saturated rings. The van der Waals surface area contributed by atoms with E-state index in [4.69, 9.17) is 15.5 Å². The Labute approximate surface area is 206 Å². The Morgan fingerprint density at radius 1 is 1.14 bits per heavy atom. The van der Waals surface area contributed by atoms with E-state index in [2.05, 4.69) is 36.2 Å². The van der Waals surface area contributed by atoms with Crippen molar-refractivity contribution in [3.05, 3.63) is 83.0 Å². The summed E-state index contributed by atoms with van der Waals surface area (Å²) in [7, 11) is 1.66. The van der Waals surface area contributed by atoms with Crippen LogP contribution in [0.3, 0.4) is 0 Å². The monoisotopic (exact) mass is 470 g/mol. The molecule has 5 heteroatoms. The van der Waals surface area contributed by atoms with Gasteiger partial charge in [-0.3, -0.25) is 4.98 Å². The fourth-order valence-corrected chi connectivity index (χ4v) is 6.04. The first-order chi connectivity index (χ1) is 17.1. The van der Waals surface area contributed by atoms with Gasteiger partial charge < -0.3 is 10.5 Å². The average Bonchev–Trinajstić information content (AvgIpc) is 2.90. The molecule has 1 aliphatic rings. The molecule has 0 saturated heterocycles. The van der Waals surface area contributed by atoms with E-state index < -0.39 is 0 Å². The van der Waals surface area contributed by atoms with Crippen LogP contribution in [0.1, 0.15) is 61.6 Å². The number of aromatic nitrogens is 2. The van der Waals surface area contributed by atoms with Crippen molar-refractivity contribution in [2.75, 3.05) is 7.11 Å². The van der Waals surface area contributed by atoms with Gasteiger partial charge in [-0.05, 0) is 72.3 Å². The summed E-state index contributed by atoms with van der Waals surface area (Å²) in [4.78, 5) is 9.12. The molecule has 1 N–H and O–H groups in total. The summed E-state index contributed by atoms with van der Waals surface area (Å²) in [5.74, 6) is 1.78. The molecule has 4 aromatic rings. The molecule has 3 atom stereocenters. The number of rotatable bonds is 7. The zero-order chi connectivity index (χ0) is 24.4. The number of methoxy groups -OCH3 is 1. The number of pyridine rings is 2. The van der Waals surface area contributed by atoms with Gasteiger partial charge in [0, 0.05) is 29.1 Å². The second-order valence-electron chi connectivity index (χ2n) is 9.98. The lowest BCUT2D eigenvalue weighted by atomic mass is 9.71. The standard InChI is InChI=1S/C30H33FN3O/c1-19(11-12-20-6-3-7-21-13-14-28(35-2)34-30(20)21)22-8-4-9-23(16-22)29-24-10-5-15-33-27(24)17-26(31)25(29)18-32/h3,5-7,10,13-15,17,19,22-23,32H,4,8-9,11-12,16,18H2,1-2H3/q-1/t19?,22-,23?/m1/s1. The molecule has 1 aliphatic carbocycles. The zero-order valence-electron chi connectivity index (χ0n) is 20.6. The number of benzene rings is 2. The van der Waals surface area contributed by atoms with E-state index in [1.165, 1.54) is 18.1 Å². The van der Waals surface area contributed by atoms with Crippen molar-refractivity contribution < 1.29 is 9.13 Å². The second kappa shape index (κ2) is 10.3. The molecule has 0 amide bonds. The summed E-state index contributed by atoms with van der Waals surface area (Å²) >= 11 is 0. The Morgan fingerprint density at radius 2 is 2.03 bits per heavy atom. The summed E-state index contributed by atoms with van der Waals surface area (Å²) in [5.41, 5.74) is 12.6. The molecule has 4 nitrogen and oxygen atoms in total. The number of para-hydroxylation sites is 1. The van der Waals surface area contributed by atoms with Gasteiger partial charge in [0.2, 0.25) is 5.88 Å². The maximum atomic E-state index is 14.9. The van der Waals surface area contributed by atoms with Crippen LogP contribution in [-0.4, -0.2) is 17.1 Å². The molecular formula is C30H33FN3O-. The molecule has 5 rings (SSSR count). The van der Waals surface area contributed by atoms with Crippen LogP contribution in [-0.2, 0) is 13.0 Å².